The molecule has 0 aliphatic carbocycles. The van der Waals surface area contributed by atoms with Crippen molar-refractivity contribution in [1.82, 2.24) is 10.3 Å². The summed E-state index contributed by atoms with van der Waals surface area (Å²) in [5.41, 5.74) is 1.49. The van der Waals surface area contributed by atoms with Crippen LogP contribution in [0.2, 0.25) is 5.02 Å². The summed E-state index contributed by atoms with van der Waals surface area (Å²) in [6, 6.07) is 19.6. The molecule has 0 atom stereocenters. The van der Waals surface area contributed by atoms with Gasteiger partial charge in [0.05, 0.1) is 5.56 Å². The van der Waals surface area contributed by atoms with Crippen LogP contribution in [0.25, 0.3) is 10.6 Å². The topological polar surface area (TPSA) is 51.2 Å². The van der Waals surface area contributed by atoms with Gasteiger partial charge in [0.15, 0.2) is 0 Å². The number of rotatable bonds is 7. The Kier molecular flexibility index (Phi) is 7.19. The van der Waals surface area contributed by atoms with Crippen LogP contribution in [-0.2, 0) is 19.3 Å². The van der Waals surface area contributed by atoms with Gasteiger partial charge in [-0.3, -0.25) is 4.79 Å². The standard InChI is InChI=1S/C25H18ClF3N2O2S/c26-21-7-2-1-5-18(21)14-33-20-10-8-17(9-11-20)24-31-22(15-34-24)23(32)30-13-16-4-3-6-19(12-16)25(27,28)29/h1-12,15H,13-14H2,(H,30,32). The van der Waals surface area contributed by atoms with Crippen LogP contribution in [0.3, 0.4) is 0 Å². The number of ether oxygens (including phenoxy) is 1. The van der Waals surface area contributed by atoms with Gasteiger partial charge in [-0.1, -0.05) is 41.9 Å². The van der Waals surface area contributed by atoms with Gasteiger partial charge in [0, 0.05) is 28.1 Å². The Bertz CT molecular complexity index is 1290. The van der Waals surface area contributed by atoms with Gasteiger partial charge in [-0.05, 0) is 48.0 Å². The van der Waals surface area contributed by atoms with Crippen LogP contribution in [0.1, 0.15) is 27.2 Å². The van der Waals surface area contributed by atoms with Gasteiger partial charge in [0.25, 0.3) is 5.91 Å². The van der Waals surface area contributed by atoms with Gasteiger partial charge < -0.3 is 10.1 Å². The molecule has 0 bridgehead atoms. The minimum absolute atomic E-state index is 0.0346. The first-order chi connectivity index (χ1) is 16.3. The maximum atomic E-state index is 12.8. The summed E-state index contributed by atoms with van der Waals surface area (Å²) in [4.78, 5) is 16.8. The first-order valence-corrected chi connectivity index (χ1v) is 11.4. The molecule has 4 rings (SSSR count). The molecule has 1 amide bonds. The molecule has 0 fully saturated rings. The maximum Gasteiger partial charge on any atom is 0.416 e. The van der Waals surface area contributed by atoms with Crippen molar-refractivity contribution in [2.45, 2.75) is 19.3 Å². The number of alkyl halides is 3. The molecule has 3 aromatic carbocycles. The second kappa shape index (κ2) is 10.3. The van der Waals surface area contributed by atoms with Crippen LogP contribution in [-0.4, -0.2) is 10.9 Å². The number of thiazole rings is 1. The highest BCUT2D eigenvalue weighted by atomic mass is 35.5. The number of carbonyl (C=O) groups is 1. The minimum Gasteiger partial charge on any atom is -0.489 e. The molecule has 0 unspecified atom stereocenters. The molecular weight excluding hydrogens is 485 g/mol. The summed E-state index contributed by atoms with van der Waals surface area (Å²) in [5.74, 6) is 0.207. The zero-order chi connectivity index (χ0) is 24.1. The van der Waals surface area contributed by atoms with Crippen molar-refractivity contribution in [3.05, 3.63) is 106 Å². The third-order valence-corrected chi connectivity index (χ3v) is 6.16. The third-order valence-electron chi connectivity index (χ3n) is 4.90. The normalized spacial score (nSPS) is 11.3. The van der Waals surface area contributed by atoms with Gasteiger partial charge >= 0.3 is 6.18 Å². The number of nitrogens with one attached hydrogen (secondary N) is 1. The second-order valence-electron chi connectivity index (χ2n) is 7.32. The molecular formula is C25H18ClF3N2O2S. The van der Waals surface area contributed by atoms with Crippen LogP contribution in [0, 0.1) is 0 Å². The van der Waals surface area contributed by atoms with E-state index in [0.717, 1.165) is 23.3 Å². The molecule has 0 saturated carbocycles. The summed E-state index contributed by atoms with van der Waals surface area (Å²) in [7, 11) is 0. The highest BCUT2D eigenvalue weighted by Gasteiger charge is 2.30. The average molecular weight is 503 g/mol. The SMILES string of the molecule is O=C(NCc1cccc(C(F)(F)F)c1)c1csc(-c2ccc(OCc3ccccc3Cl)cc2)n1. The minimum atomic E-state index is -4.43. The van der Waals surface area contributed by atoms with Crippen molar-refractivity contribution in [1.29, 1.82) is 0 Å². The van der Waals surface area contributed by atoms with Gasteiger partial charge in [0.2, 0.25) is 0 Å². The lowest BCUT2D eigenvalue weighted by molar-refractivity contribution is -0.137. The molecule has 0 aliphatic heterocycles. The first-order valence-electron chi connectivity index (χ1n) is 10.2. The number of carbonyl (C=O) groups excluding carboxylic acids is 1. The van der Waals surface area contributed by atoms with Crippen molar-refractivity contribution in [3.63, 3.8) is 0 Å². The molecule has 174 valence electrons. The molecule has 9 heteroatoms. The van der Waals surface area contributed by atoms with E-state index in [-0.39, 0.29) is 12.2 Å². The molecule has 1 N–H and O–H groups in total. The summed E-state index contributed by atoms with van der Waals surface area (Å²) < 4.78 is 44.3. The summed E-state index contributed by atoms with van der Waals surface area (Å²) >= 11 is 7.44. The van der Waals surface area contributed by atoms with Crippen LogP contribution < -0.4 is 10.1 Å². The highest BCUT2D eigenvalue weighted by Crippen LogP contribution is 2.30. The van der Waals surface area contributed by atoms with E-state index in [1.54, 1.807) is 23.6 Å². The molecule has 4 nitrogen and oxygen atoms in total. The Morgan fingerprint density at radius 2 is 1.79 bits per heavy atom. The average Bonchev–Trinajstić information content (AvgIpc) is 3.32. The predicted octanol–water partition coefficient (Wildman–Crippen LogP) is 6.99. The fourth-order valence-electron chi connectivity index (χ4n) is 3.11. The van der Waals surface area contributed by atoms with E-state index < -0.39 is 17.6 Å². The van der Waals surface area contributed by atoms with E-state index >= 15 is 0 Å². The molecule has 0 spiro atoms. The van der Waals surface area contributed by atoms with Gasteiger partial charge in [0.1, 0.15) is 23.1 Å². The number of nitrogens with zero attached hydrogens (tertiary/aromatic N) is 1. The van der Waals surface area contributed by atoms with E-state index in [9.17, 15) is 18.0 Å². The monoisotopic (exact) mass is 502 g/mol. The number of hydrogen-bond acceptors (Lipinski definition) is 4. The zero-order valence-corrected chi connectivity index (χ0v) is 19.2. The fraction of sp³-hybridized carbons (Fsp3) is 0.120. The smallest absolute Gasteiger partial charge is 0.416 e. The van der Waals surface area contributed by atoms with Crippen molar-refractivity contribution >= 4 is 28.8 Å². The van der Waals surface area contributed by atoms with E-state index in [0.29, 0.717) is 28.0 Å². The van der Waals surface area contributed by atoms with Gasteiger partial charge in [-0.2, -0.15) is 13.2 Å². The predicted molar refractivity (Wildman–Crippen MR) is 126 cm³/mol. The van der Waals surface area contributed by atoms with E-state index in [1.807, 2.05) is 30.3 Å². The van der Waals surface area contributed by atoms with E-state index in [2.05, 4.69) is 10.3 Å². The molecule has 1 heterocycles. The van der Waals surface area contributed by atoms with Crippen molar-refractivity contribution in [3.8, 4) is 16.3 Å². The van der Waals surface area contributed by atoms with Crippen molar-refractivity contribution in [2.24, 2.45) is 0 Å². The van der Waals surface area contributed by atoms with E-state index in [1.165, 1.54) is 23.5 Å². The summed E-state index contributed by atoms with van der Waals surface area (Å²) in [6.45, 7) is 0.305. The molecule has 0 aliphatic rings. The number of amides is 1. The lowest BCUT2D eigenvalue weighted by atomic mass is 10.1. The van der Waals surface area contributed by atoms with Crippen LogP contribution in [0.5, 0.6) is 5.75 Å². The van der Waals surface area contributed by atoms with Gasteiger partial charge in [-0.15, -0.1) is 11.3 Å². The molecule has 1 aromatic heterocycles. The van der Waals surface area contributed by atoms with Crippen LogP contribution in [0.15, 0.2) is 78.2 Å². The maximum absolute atomic E-state index is 12.8. The molecule has 0 saturated heterocycles. The number of aromatic nitrogens is 1. The lowest BCUT2D eigenvalue weighted by Gasteiger charge is -2.09. The Balaban J connectivity index is 1.35. The van der Waals surface area contributed by atoms with Crippen LogP contribution >= 0.6 is 22.9 Å². The quantitative estimate of drug-likeness (QED) is 0.296. The van der Waals surface area contributed by atoms with Crippen LogP contribution in [0.4, 0.5) is 13.2 Å². The fourth-order valence-corrected chi connectivity index (χ4v) is 4.11. The zero-order valence-electron chi connectivity index (χ0n) is 17.6. The lowest BCUT2D eigenvalue weighted by Crippen LogP contribution is -2.23. The number of halogens is 4. The second-order valence-corrected chi connectivity index (χ2v) is 8.59. The van der Waals surface area contributed by atoms with Crippen molar-refractivity contribution in [2.75, 3.05) is 0 Å². The number of benzene rings is 3. The molecule has 0 radical (unpaired) electrons. The Morgan fingerprint density at radius 3 is 2.53 bits per heavy atom. The summed E-state index contributed by atoms with van der Waals surface area (Å²) in [6.07, 6.45) is -4.43. The third kappa shape index (κ3) is 5.95. The highest BCUT2D eigenvalue weighted by molar-refractivity contribution is 7.13. The Labute approximate surface area is 203 Å². The molecule has 4 aromatic rings. The number of hydrogen-bond donors (Lipinski definition) is 1. The Morgan fingerprint density at radius 1 is 1.03 bits per heavy atom. The Hall–Kier alpha value is -3.36. The largest absolute Gasteiger partial charge is 0.489 e. The van der Waals surface area contributed by atoms with Crippen molar-refractivity contribution < 1.29 is 22.7 Å². The van der Waals surface area contributed by atoms with Gasteiger partial charge in [-0.25, -0.2) is 4.98 Å². The molecule has 34 heavy (non-hydrogen) atoms. The summed E-state index contributed by atoms with van der Waals surface area (Å²) in [5, 5.41) is 5.50. The van der Waals surface area contributed by atoms with E-state index in [4.69, 9.17) is 16.3 Å². The first kappa shape index (κ1) is 23.8.